The van der Waals surface area contributed by atoms with Crippen molar-refractivity contribution in [3.05, 3.63) is 28.0 Å². The van der Waals surface area contributed by atoms with Crippen LogP contribution in [0.3, 0.4) is 0 Å². The van der Waals surface area contributed by atoms with Gasteiger partial charge in [-0.05, 0) is 28.1 Å². The van der Waals surface area contributed by atoms with E-state index in [4.69, 9.17) is 9.47 Å². The molecule has 1 aromatic carbocycles. The Hall–Kier alpha value is -1.14. The number of oxime groups is 1. The predicted octanol–water partition coefficient (Wildman–Crippen LogP) is 3.10. The Balaban J connectivity index is 2.05. The van der Waals surface area contributed by atoms with Gasteiger partial charge in [-0.1, -0.05) is 5.16 Å². The van der Waals surface area contributed by atoms with Crippen LogP contribution in [0.15, 0.2) is 21.8 Å². The number of hydrogen-bond acceptors (Lipinski definition) is 4. The average Bonchev–Trinajstić information content (AvgIpc) is 2.41. The number of benzene rings is 1. The second kappa shape index (κ2) is 4.76. The van der Waals surface area contributed by atoms with E-state index in [0.29, 0.717) is 41.1 Å². The molecule has 2 aliphatic heterocycles. The molecule has 3 rings (SSSR count). The van der Waals surface area contributed by atoms with Crippen molar-refractivity contribution >= 4 is 21.6 Å². The van der Waals surface area contributed by atoms with E-state index in [1.807, 2.05) is 0 Å². The zero-order chi connectivity index (χ0) is 13.5. The molecule has 6 heteroatoms. The lowest BCUT2D eigenvalue weighted by Crippen LogP contribution is -2.46. The molecule has 0 saturated carbocycles. The summed E-state index contributed by atoms with van der Waals surface area (Å²) in [6.07, 6.45) is 1.95. The third kappa shape index (κ3) is 2.23. The largest absolute Gasteiger partial charge is 0.486 e. The van der Waals surface area contributed by atoms with Gasteiger partial charge in [-0.25, -0.2) is 4.39 Å². The third-order valence-electron chi connectivity index (χ3n) is 3.67. The van der Waals surface area contributed by atoms with E-state index in [2.05, 4.69) is 21.1 Å². The highest BCUT2D eigenvalue weighted by molar-refractivity contribution is 9.10. The van der Waals surface area contributed by atoms with Gasteiger partial charge in [0.15, 0.2) is 0 Å². The second-order valence-corrected chi connectivity index (χ2v) is 5.74. The maximum atomic E-state index is 13.6. The Morgan fingerprint density at radius 1 is 1.32 bits per heavy atom. The molecule has 0 amide bonds. The van der Waals surface area contributed by atoms with Crippen LogP contribution in [0, 0.1) is 5.82 Å². The van der Waals surface area contributed by atoms with Gasteiger partial charge >= 0.3 is 0 Å². The van der Waals surface area contributed by atoms with Crippen molar-refractivity contribution in [2.45, 2.75) is 24.9 Å². The second-order valence-electron chi connectivity index (χ2n) is 4.88. The van der Waals surface area contributed by atoms with Crippen molar-refractivity contribution in [1.82, 2.24) is 0 Å². The topological polar surface area (TPSA) is 51.1 Å². The van der Waals surface area contributed by atoms with Gasteiger partial charge in [0.05, 0.1) is 23.4 Å². The zero-order valence-corrected chi connectivity index (χ0v) is 11.7. The molecule has 1 N–H and O–H groups in total. The molecule has 4 nitrogen and oxygen atoms in total. The fraction of sp³-hybridized carbons (Fsp3) is 0.462. The normalized spacial score (nSPS) is 23.2. The molecule has 1 saturated heterocycles. The van der Waals surface area contributed by atoms with E-state index in [-0.39, 0.29) is 0 Å². The molecule has 0 unspecified atom stereocenters. The number of hydrogen-bond donors (Lipinski definition) is 1. The van der Waals surface area contributed by atoms with Crippen LogP contribution in [-0.2, 0) is 4.74 Å². The highest BCUT2D eigenvalue weighted by Gasteiger charge is 2.41. The highest BCUT2D eigenvalue weighted by atomic mass is 79.9. The summed E-state index contributed by atoms with van der Waals surface area (Å²) in [6.45, 7) is 1.24. The summed E-state index contributed by atoms with van der Waals surface area (Å²) in [5.41, 5.74) is 0.583. The molecule has 0 radical (unpaired) electrons. The molecule has 1 fully saturated rings. The highest BCUT2D eigenvalue weighted by Crippen LogP contribution is 2.40. The van der Waals surface area contributed by atoms with Gasteiger partial charge in [0.1, 0.15) is 17.2 Å². The maximum Gasteiger partial charge on any atom is 0.138 e. The molecule has 102 valence electrons. The molecule has 1 spiro atoms. The lowest BCUT2D eigenvalue weighted by Gasteiger charge is -2.41. The molecule has 2 aliphatic rings. The summed E-state index contributed by atoms with van der Waals surface area (Å²) >= 11 is 3.15. The molecular weight excluding hydrogens is 317 g/mol. The minimum absolute atomic E-state index is 0.340. The Bertz CT molecular complexity index is 541. The van der Waals surface area contributed by atoms with Crippen molar-refractivity contribution in [3.8, 4) is 5.75 Å². The minimum Gasteiger partial charge on any atom is -0.486 e. The van der Waals surface area contributed by atoms with E-state index in [9.17, 15) is 9.60 Å². The first kappa shape index (κ1) is 12.9. The summed E-state index contributed by atoms with van der Waals surface area (Å²) in [4.78, 5) is 0. The van der Waals surface area contributed by atoms with Crippen LogP contribution in [-0.4, -0.2) is 29.7 Å². The summed E-state index contributed by atoms with van der Waals surface area (Å²) in [6, 6.07) is 2.92. The lowest BCUT2D eigenvalue weighted by atomic mass is 9.84. The van der Waals surface area contributed by atoms with Gasteiger partial charge in [-0.15, -0.1) is 0 Å². The number of rotatable bonds is 0. The quantitative estimate of drug-likeness (QED) is 0.587. The van der Waals surface area contributed by atoms with Crippen molar-refractivity contribution < 1.29 is 19.1 Å². The Morgan fingerprint density at radius 2 is 2.05 bits per heavy atom. The molecule has 0 aromatic heterocycles. The van der Waals surface area contributed by atoms with E-state index < -0.39 is 11.4 Å². The van der Waals surface area contributed by atoms with Crippen LogP contribution < -0.4 is 4.74 Å². The van der Waals surface area contributed by atoms with Gasteiger partial charge in [-0.3, -0.25) is 0 Å². The van der Waals surface area contributed by atoms with Gasteiger partial charge < -0.3 is 14.7 Å². The Kier molecular flexibility index (Phi) is 3.22. The van der Waals surface area contributed by atoms with E-state index in [1.54, 1.807) is 6.07 Å². The first-order valence-electron chi connectivity index (χ1n) is 6.11. The SMILES string of the molecule is O/N=C1\CC2(CCOCC2)Oc2cc(Br)c(F)cc21. The standard InChI is InChI=1S/C13H13BrFNO3/c14-9-6-12-8(5-10(9)15)11(16-17)7-13(19-12)1-3-18-4-2-13/h5-6,17H,1-4,7H2/b16-11+. The number of halogens is 2. The number of fused-ring (bicyclic) bond motifs is 1. The van der Waals surface area contributed by atoms with Crippen LogP contribution in [0.4, 0.5) is 4.39 Å². The minimum atomic E-state index is -0.399. The zero-order valence-electron chi connectivity index (χ0n) is 10.2. The summed E-state index contributed by atoms with van der Waals surface area (Å²) in [7, 11) is 0. The molecule has 1 aromatic rings. The Labute approximate surface area is 118 Å². The van der Waals surface area contributed by atoms with Crippen molar-refractivity contribution in [1.29, 1.82) is 0 Å². The molecule has 19 heavy (non-hydrogen) atoms. The van der Waals surface area contributed by atoms with E-state index >= 15 is 0 Å². The van der Waals surface area contributed by atoms with Crippen LogP contribution in [0.1, 0.15) is 24.8 Å². The average molecular weight is 330 g/mol. The molecule has 0 atom stereocenters. The van der Waals surface area contributed by atoms with Crippen molar-refractivity contribution in [2.75, 3.05) is 13.2 Å². The summed E-state index contributed by atoms with van der Waals surface area (Å²) < 4.78 is 25.3. The van der Waals surface area contributed by atoms with Crippen LogP contribution in [0.5, 0.6) is 5.75 Å². The van der Waals surface area contributed by atoms with Gasteiger partial charge in [0.2, 0.25) is 0 Å². The van der Waals surface area contributed by atoms with Gasteiger partial charge in [0, 0.05) is 24.8 Å². The fourth-order valence-corrected chi connectivity index (χ4v) is 2.94. The third-order valence-corrected chi connectivity index (χ3v) is 4.28. The first-order valence-corrected chi connectivity index (χ1v) is 6.90. The van der Waals surface area contributed by atoms with E-state index in [1.165, 1.54) is 6.07 Å². The smallest absolute Gasteiger partial charge is 0.138 e. The maximum absolute atomic E-state index is 13.6. The fourth-order valence-electron chi connectivity index (χ4n) is 2.62. The van der Waals surface area contributed by atoms with Crippen molar-refractivity contribution in [3.63, 3.8) is 0 Å². The summed E-state index contributed by atoms with van der Waals surface area (Å²) in [5, 5.41) is 12.5. The number of nitrogens with zero attached hydrogens (tertiary/aromatic N) is 1. The molecular formula is C13H13BrFNO3. The molecule has 0 aliphatic carbocycles. The van der Waals surface area contributed by atoms with Crippen molar-refractivity contribution in [2.24, 2.45) is 5.16 Å². The monoisotopic (exact) mass is 329 g/mol. The molecule has 2 heterocycles. The lowest BCUT2D eigenvalue weighted by molar-refractivity contribution is -0.0446. The number of ether oxygens (including phenoxy) is 2. The van der Waals surface area contributed by atoms with Gasteiger partial charge in [-0.2, -0.15) is 0 Å². The van der Waals surface area contributed by atoms with Crippen LogP contribution in [0.25, 0.3) is 0 Å². The molecule has 0 bridgehead atoms. The van der Waals surface area contributed by atoms with E-state index in [0.717, 1.165) is 12.8 Å². The first-order chi connectivity index (χ1) is 9.13. The Morgan fingerprint density at radius 3 is 2.74 bits per heavy atom. The summed E-state index contributed by atoms with van der Waals surface area (Å²) in [5.74, 6) is 0.153. The van der Waals surface area contributed by atoms with Crippen LogP contribution in [0.2, 0.25) is 0 Å². The predicted molar refractivity (Wildman–Crippen MR) is 70.5 cm³/mol. The van der Waals surface area contributed by atoms with Gasteiger partial charge in [0.25, 0.3) is 0 Å². The van der Waals surface area contributed by atoms with Crippen LogP contribution >= 0.6 is 15.9 Å².